The van der Waals surface area contributed by atoms with Crippen molar-refractivity contribution in [3.63, 3.8) is 0 Å². The summed E-state index contributed by atoms with van der Waals surface area (Å²) in [7, 11) is 0. The summed E-state index contributed by atoms with van der Waals surface area (Å²) in [6.07, 6.45) is -0.0113. The van der Waals surface area contributed by atoms with Gasteiger partial charge in [0.05, 0.1) is 6.42 Å². The molecule has 70 valence electrons. The van der Waals surface area contributed by atoms with E-state index in [-0.39, 0.29) is 6.42 Å². The molecule has 13 heavy (non-hydrogen) atoms. The van der Waals surface area contributed by atoms with Crippen LogP contribution in [0.25, 0.3) is 0 Å². The summed E-state index contributed by atoms with van der Waals surface area (Å²) in [4.78, 5) is 10.4. The summed E-state index contributed by atoms with van der Waals surface area (Å²) in [5.74, 6) is -0.871. The highest BCUT2D eigenvalue weighted by Gasteiger charge is 2.03. The lowest BCUT2D eigenvalue weighted by Crippen LogP contribution is -2.00. The van der Waals surface area contributed by atoms with Gasteiger partial charge in [-0.3, -0.25) is 4.79 Å². The summed E-state index contributed by atoms with van der Waals surface area (Å²) >= 11 is 2.00. The van der Waals surface area contributed by atoms with E-state index in [0.717, 1.165) is 3.57 Å². The number of aliphatic carboxylic acids is 1. The zero-order chi connectivity index (χ0) is 9.84. The van der Waals surface area contributed by atoms with Crippen LogP contribution in [0.4, 0.5) is 4.39 Å². The molecule has 0 aliphatic carbocycles. The molecule has 1 N–H and O–H groups in total. The highest BCUT2D eigenvalue weighted by molar-refractivity contribution is 14.1. The molecule has 0 spiro atoms. The molecule has 1 rings (SSSR count). The largest absolute Gasteiger partial charge is 0.481 e. The fraction of sp³-hybridized carbons (Fsp3) is 0.222. The number of benzene rings is 1. The number of alkyl halides is 1. The number of rotatable bonds is 3. The molecule has 0 heterocycles. The van der Waals surface area contributed by atoms with Crippen molar-refractivity contribution >= 4 is 28.6 Å². The van der Waals surface area contributed by atoms with Crippen LogP contribution in [-0.4, -0.2) is 11.1 Å². The first-order chi connectivity index (χ1) is 6.13. The van der Waals surface area contributed by atoms with E-state index >= 15 is 0 Å². The maximum absolute atomic E-state index is 12.3. The van der Waals surface area contributed by atoms with Crippen molar-refractivity contribution < 1.29 is 14.3 Å². The third kappa shape index (κ3) is 2.95. The molecule has 0 fully saturated rings. The second-order valence-corrected chi connectivity index (χ2v) is 3.79. The summed E-state index contributed by atoms with van der Waals surface area (Å²) in [6.45, 7) is -0.508. The van der Waals surface area contributed by atoms with Crippen molar-refractivity contribution in [2.24, 2.45) is 0 Å². The van der Waals surface area contributed by atoms with E-state index in [2.05, 4.69) is 0 Å². The highest BCUT2D eigenvalue weighted by atomic mass is 127. The number of carboxylic acids is 1. The fourth-order valence-electron chi connectivity index (χ4n) is 0.984. The number of hydrogen-bond donors (Lipinski definition) is 1. The van der Waals surface area contributed by atoms with Gasteiger partial charge in [-0.15, -0.1) is 0 Å². The molecule has 1 aromatic rings. The molecule has 0 saturated carbocycles. The van der Waals surface area contributed by atoms with Crippen LogP contribution in [0, 0.1) is 3.57 Å². The molecule has 0 aliphatic rings. The van der Waals surface area contributed by atoms with Crippen LogP contribution < -0.4 is 0 Å². The van der Waals surface area contributed by atoms with Crippen LogP contribution in [0.15, 0.2) is 18.2 Å². The van der Waals surface area contributed by atoms with E-state index in [4.69, 9.17) is 5.11 Å². The van der Waals surface area contributed by atoms with Gasteiger partial charge in [-0.25, -0.2) is 4.39 Å². The molecule has 2 nitrogen and oxygen atoms in total. The lowest BCUT2D eigenvalue weighted by molar-refractivity contribution is -0.136. The Bertz CT molecular complexity index is 325. The zero-order valence-corrected chi connectivity index (χ0v) is 8.92. The van der Waals surface area contributed by atoms with Gasteiger partial charge >= 0.3 is 5.97 Å². The SMILES string of the molecule is O=C(O)Cc1ccc(CF)c(I)c1. The minimum atomic E-state index is -0.871. The van der Waals surface area contributed by atoms with Crippen LogP contribution in [-0.2, 0) is 17.9 Å². The van der Waals surface area contributed by atoms with E-state index in [0.29, 0.717) is 11.1 Å². The Labute approximate surface area is 88.9 Å². The number of halogens is 2. The number of carbonyl (C=O) groups is 1. The van der Waals surface area contributed by atoms with Crippen molar-refractivity contribution in [1.82, 2.24) is 0 Å². The van der Waals surface area contributed by atoms with Crippen molar-refractivity contribution in [1.29, 1.82) is 0 Å². The van der Waals surface area contributed by atoms with Gasteiger partial charge in [-0.05, 0) is 39.8 Å². The Hall–Kier alpha value is -0.650. The van der Waals surface area contributed by atoms with Gasteiger partial charge in [-0.2, -0.15) is 0 Å². The van der Waals surface area contributed by atoms with E-state index in [9.17, 15) is 9.18 Å². The Morgan fingerprint density at radius 3 is 2.69 bits per heavy atom. The van der Waals surface area contributed by atoms with E-state index in [1.807, 2.05) is 22.6 Å². The summed E-state index contributed by atoms with van der Waals surface area (Å²) in [5, 5.41) is 8.51. The molecule has 0 radical (unpaired) electrons. The molecular formula is C9H8FIO2. The van der Waals surface area contributed by atoms with E-state index < -0.39 is 12.6 Å². The Morgan fingerprint density at radius 1 is 1.54 bits per heavy atom. The third-order valence-electron chi connectivity index (χ3n) is 1.62. The average Bonchev–Trinajstić information content (AvgIpc) is 2.03. The normalized spacial score (nSPS) is 10.0. The first-order valence-corrected chi connectivity index (χ1v) is 4.76. The highest BCUT2D eigenvalue weighted by Crippen LogP contribution is 2.15. The molecule has 0 atom stereocenters. The lowest BCUT2D eigenvalue weighted by Gasteiger charge is -2.02. The van der Waals surface area contributed by atoms with Gasteiger partial charge in [0.1, 0.15) is 6.67 Å². The first kappa shape index (κ1) is 10.4. The maximum Gasteiger partial charge on any atom is 0.307 e. The van der Waals surface area contributed by atoms with Crippen molar-refractivity contribution in [2.75, 3.05) is 0 Å². The smallest absolute Gasteiger partial charge is 0.307 e. The van der Waals surface area contributed by atoms with Gasteiger partial charge in [0.2, 0.25) is 0 Å². The molecular weight excluding hydrogens is 286 g/mol. The Morgan fingerprint density at radius 2 is 2.23 bits per heavy atom. The minimum Gasteiger partial charge on any atom is -0.481 e. The predicted molar refractivity (Wildman–Crippen MR) is 55.3 cm³/mol. The van der Waals surface area contributed by atoms with E-state index in [1.165, 1.54) is 0 Å². The van der Waals surface area contributed by atoms with Gasteiger partial charge in [0.15, 0.2) is 0 Å². The van der Waals surface area contributed by atoms with Gasteiger partial charge < -0.3 is 5.11 Å². The number of hydrogen-bond acceptors (Lipinski definition) is 1. The van der Waals surface area contributed by atoms with Crippen molar-refractivity contribution in [3.05, 3.63) is 32.9 Å². The second kappa shape index (κ2) is 4.55. The van der Waals surface area contributed by atoms with Crippen LogP contribution in [0.5, 0.6) is 0 Å². The maximum atomic E-state index is 12.3. The van der Waals surface area contributed by atoms with Gasteiger partial charge in [0, 0.05) is 3.57 Å². The Balaban J connectivity index is 2.89. The summed E-state index contributed by atoms with van der Waals surface area (Å²) < 4.78 is 13.0. The fourth-order valence-corrected chi connectivity index (χ4v) is 1.71. The van der Waals surface area contributed by atoms with Crippen LogP contribution in [0.2, 0.25) is 0 Å². The lowest BCUT2D eigenvalue weighted by atomic mass is 10.1. The van der Waals surface area contributed by atoms with Crippen molar-refractivity contribution in [2.45, 2.75) is 13.1 Å². The van der Waals surface area contributed by atoms with Crippen LogP contribution in [0.3, 0.4) is 0 Å². The van der Waals surface area contributed by atoms with Crippen LogP contribution in [0.1, 0.15) is 11.1 Å². The first-order valence-electron chi connectivity index (χ1n) is 3.68. The monoisotopic (exact) mass is 294 g/mol. The van der Waals surface area contributed by atoms with E-state index in [1.54, 1.807) is 18.2 Å². The average molecular weight is 294 g/mol. The molecule has 4 heteroatoms. The zero-order valence-electron chi connectivity index (χ0n) is 6.76. The van der Waals surface area contributed by atoms with Crippen molar-refractivity contribution in [3.8, 4) is 0 Å². The third-order valence-corrected chi connectivity index (χ3v) is 2.62. The summed E-state index contributed by atoms with van der Waals surface area (Å²) in [5.41, 5.74) is 1.31. The molecule has 1 aromatic carbocycles. The van der Waals surface area contributed by atoms with Crippen LogP contribution >= 0.6 is 22.6 Å². The molecule has 0 unspecified atom stereocenters. The quantitative estimate of drug-likeness (QED) is 0.869. The molecule has 0 aromatic heterocycles. The molecule has 0 saturated heterocycles. The number of carboxylic acid groups (broad SMARTS) is 1. The molecule has 0 aliphatic heterocycles. The molecule has 0 bridgehead atoms. The van der Waals surface area contributed by atoms with Gasteiger partial charge in [-0.1, -0.05) is 12.1 Å². The Kier molecular flexibility index (Phi) is 3.65. The predicted octanol–water partition coefficient (Wildman–Crippen LogP) is 2.39. The molecule has 0 amide bonds. The standard InChI is InChI=1S/C9H8FIO2/c10-5-7-2-1-6(3-8(7)11)4-9(12)13/h1-3H,4-5H2,(H,12,13). The summed E-state index contributed by atoms with van der Waals surface area (Å²) in [6, 6.07) is 4.97. The second-order valence-electron chi connectivity index (χ2n) is 2.63. The van der Waals surface area contributed by atoms with Gasteiger partial charge in [0.25, 0.3) is 0 Å². The minimum absolute atomic E-state index is 0.0113. The topological polar surface area (TPSA) is 37.3 Å².